The third-order valence-electron chi connectivity index (χ3n) is 2.80. The number of ketones is 1. The van der Waals surface area contributed by atoms with Crippen LogP contribution in [0.5, 0.6) is 0 Å². The number of H-pyrrole nitrogens is 1. The van der Waals surface area contributed by atoms with Crippen LogP contribution in [0.25, 0.3) is 10.9 Å². The fourth-order valence-electron chi connectivity index (χ4n) is 1.89. The summed E-state index contributed by atoms with van der Waals surface area (Å²) in [6.45, 7) is 1.95. The Hall–Kier alpha value is -2.49. The summed E-state index contributed by atoms with van der Waals surface area (Å²) in [5.74, 6) is 0.247. The molecule has 4 heteroatoms. The van der Waals surface area contributed by atoms with Crippen LogP contribution >= 0.6 is 0 Å². The SMILES string of the molecule is Cc1ccc2cc(C(=O)c3ncc[nH]3)ccc2n1. The van der Waals surface area contributed by atoms with Crippen molar-refractivity contribution in [2.24, 2.45) is 0 Å². The Bertz CT molecular complexity index is 717. The lowest BCUT2D eigenvalue weighted by molar-refractivity contribution is 0.103. The molecule has 0 unspecified atom stereocenters. The fourth-order valence-corrected chi connectivity index (χ4v) is 1.89. The van der Waals surface area contributed by atoms with Crippen molar-refractivity contribution >= 4 is 16.7 Å². The summed E-state index contributed by atoms with van der Waals surface area (Å²) in [6, 6.07) is 9.38. The lowest BCUT2D eigenvalue weighted by Gasteiger charge is -2.02. The molecule has 2 heterocycles. The molecule has 0 fully saturated rings. The van der Waals surface area contributed by atoms with Crippen LogP contribution in [0.4, 0.5) is 0 Å². The van der Waals surface area contributed by atoms with Gasteiger partial charge in [-0.25, -0.2) is 4.98 Å². The van der Waals surface area contributed by atoms with Gasteiger partial charge in [-0.05, 0) is 31.2 Å². The normalized spacial score (nSPS) is 10.7. The van der Waals surface area contributed by atoms with Crippen LogP contribution in [0.1, 0.15) is 21.9 Å². The van der Waals surface area contributed by atoms with Gasteiger partial charge in [0.15, 0.2) is 5.82 Å². The number of benzene rings is 1. The molecule has 1 N–H and O–H groups in total. The molecule has 1 aromatic carbocycles. The predicted molar refractivity (Wildman–Crippen MR) is 68.5 cm³/mol. The lowest BCUT2D eigenvalue weighted by Crippen LogP contribution is -2.03. The molecular formula is C14H11N3O. The largest absolute Gasteiger partial charge is 0.342 e. The molecule has 0 aliphatic carbocycles. The van der Waals surface area contributed by atoms with Crippen molar-refractivity contribution in [1.29, 1.82) is 0 Å². The van der Waals surface area contributed by atoms with E-state index < -0.39 is 0 Å². The van der Waals surface area contributed by atoms with Crippen LogP contribution in [-0.4, -0.2) is 20.7 Å². The average Bonchev–Trinajstić information content (AvgIpc) is 2.91. The van der Waals surface area contributed by atoms with E-state index in [0.29, 0.717) is 11.4 Å². The molecule has 2 aromatic heterocycles. The molecule has 3 rings (SSSR count). The van der Waals surface area contributed by atoms with Gasteiger partial charge in [0, 0.05) is 29.0 Å². The number of rotatable bonds is 2. The van der Waals surface area contributed by atoms with Crippen LogP contribution in [0.2, 0.25) is 0 Å². The van der Waals surface area contributed by atoms with Crippen molar-refractivity contribution in [3.8, 4) is 0 Å². The number of carbonyl (C=O) groups excluding carboxylic acids is 1. The number of nitrogens with zero attached hydrogens (tertiary/aromatic N) is 2. The Labute approximate surface area is 104 Å². The van der Waals surface area contributed by atoms with E-state index in [2.05, 4.69) is 15.0 Å². The molecule has 0 aliphatic heterocycles. The molecule has 0 saturated heterocycles. The van der Waals surface area contributed by atoms with Crippen LogP contribution < -0.4 is 0 Å². The van der Waals surface area contributed by atoms with Crippen molar-refractivity contribution in [3.63, 3.8) is 0 Å². The Morgan fingerprint density at radius 2 is 2.11 bits per heavy atom. The second-order valence-corrected chi connectivity index (χ2v) is 4.13. The van der Waals surface area contributed by atoms with Crippen molar-refractivity contribution in [1.82, 2.24) is 15.0 Å². The van der Waals surface area contributed by atoms with E-state index in [1.807, 2.05) is 31.2 Å². The van der Waals surface area contributed by atoms with Crippen molar-refractivity contribution in [2.75, 3.05) is 0 Å². The second kappa shape index (κ2) is 4.07. The zero-order valence-electron chi connectivity index (χ0n) is 9.84. The van der Waals surface area contributed by atoms with E-state index in [1.54, 1.807) is 18.5 Å². The van der Waals surface area contributed by atoms with Crippen LogP contribution in [0.15, 0.2) is 42.7 Å². The zero-order valence-corrected chi connectivity index (χ0v) is 9.84. The zero-order chi connectivity index (χ0) is 12.5. The van der Waals surface area contributed by atoms with Gasteiger partial charge in [0.2, 0.25) is 5.78 Å². The Balaban J connectivity index is 2.09. The highest BCUT2D eigenvalue weighted by molar-refractivity contribution is 6.08. The van der Waals surface area contributed by atoms with Gasteiger partial charge in [-0.3, -0.25) is 9.78 Å². The Morgan fingerprint density at radius 3 is 2.89 bits per heavy atom. The number of hydrogen-bond acceptors (Lipinski definition) is 3. The highest BCUT2D eigenvalue weighted by atomic mass is 16.1. The molecule has 88 valence electrons. The lowest BCUT2D eigenvalue weighted by atomic mass is 10.1. The summed E-state index contributed by atoms with van der Waals surface area (Å²) in [7, 11) is 0. The number of nitrogens with one attached hydrogen (secondary N) is 1. The van der Waals surface area contributed by atoms with Crippen LogP contribution in [-0.2, 0) is 0 Å². The van der Waals surface area contributed by atoms with Gasteiger partial charge in [0.05, 0.1) is 5.52 Å². The molecule has 0 aliphatic rings. The number of fused-ring (bicyclic) bond motifs is 1. The third-order valence-corrected chi connectivity index (χ3v) is 2.80. The highest BCUT2D eigenvalue weighted by Crippen LogP contribution is 2.16. The number of imidazole rings is 1. The van der Waals surface area contributed by atoms with E-state index in [1.165, 1.54) is 0 Å². The number of pyridine rings is 1. The first-order valence-corrected chi connectivity index (χ1v) is 5.65. The maximum Gasteiger partial charge on any atom is 0.228 e. The third kappa shape index (κ3) is 1.78. The maximum absolute atomic E-state index is 12.1. The minimum atomic E-state index is -0.109. The number of aromatic amines is 1. The molecule has 3 aromatic rings. The number of hydrogen-bond donors (Lipinski definition) is 1. The molecule has 0 amide bonds. The first-order valence-electron chi connectivity index (χ1n) is 5.65. The summed E-state index contributed by atoms with van der Waals surface area (Å²) in [6.07, 6.45) is 3.21. The first-order chi connectivity index (χ1) is 8.74. The van der Waals surface area contributed by atoms with E-state index in [0.717, 1.165) is 16.6 Å². The van der Waals surface area contributed by atoms with E-state index in [-0.39, 0.29) is 5.78 Å². The molecular weight excluding hydrogens is 226 g/mol. The quantitative estimate of drug-likeness (QED) is 0.696. The molecule has 0 spiro atoms. The van der Waals surface area contributed by atoms with Crippen molar-refractivity contribution < 1.29 is 4.79 Å². The fraction of sp³-hybridized carbons (Fsp3) is 0.0714. The van der Waals surface area contributed by atoms with Gasteiger partial charge in [-0.2, -0.15) is 0 Å². The smallest absolute Gasteiger partial charge is 0.228 e. The van der Waals surface area contributed by atoms with E-state index >= 15 is 0 Å². The van der Waals surface area contributed by atoms with Crippen LogP contribution in [0.3, 0.4) is 0 Å². The van der Waals surface area contributed by atoms with E-state index in [9.17, 15) is 4.79 Å². The van der Waals surface area contributed by atoms with Crippen molar-refractivity contribution in [2.45, 2.75) is 6.92 Å². The minimum Gasteiger partial charge on any atom is -0.342 e. The maximum atomic E-state index is 12.1. The summed E-state index contributed by atoms with van der Waals surface area (Å²) < 4.78 is 0. The topological polar surface area (TPSA) is 58.6 Å². The number of carbonyl (C=O) groups is 1. The average molecular weight is 237 g/mol. The molecule has 0 atom stereocenters. The summed E-state index contributed by atoms with van der Waals surface area (Å²) >= 11 is 0. The van der Waals surface area contributed by atoms with Gasteiger partial charge in [-0.15, -0.1) is 0 Å². The van der Waals surface area contributed by atoms with Gasteiger partial charge in [0.1, 0.15) is 0 Å². The predicted octanol–water partition coefficient (Wildman–Crippen LogP) is 2.50. The molecule has 18 heavy (non-hydrogen) atoms. The molecule has 0 saturated carbocycles. The molecule has 0 radical (unpaired) electrons. The Kier molecular flexibility index (Phi) is 2.41. The molecule has 0 bridgehead atoms. The van der Waals surface area contributed by atoms with Gasteiger partial charge >= 0.3 is 0 Å². The van der Waals surface area contributed by atoms with Gasteiger partial charge < -0.3 is 4.98 Å². The minimum absolute atomic E-state index is 0.109. The van der Waals surface area contributed by atoms with Crippen LogP contribution in [0, 0.1) is 6.92 Å². The highest BCUT2D eigenvalue weighted by Gasteiger charge is 2.11. The van der Waals surface area contributed by atoms with E-state index in [4.69, 9.17) is 0 Å². The number of aryl methyl sites for hydroxylation is 1. The number of aromatic nitrogens is 3. The Morgan fingerprint density at radius 1 is 1.22 bits per heavy atom. The van der Waals surface area contributed by atoms with Crippen molar-refractivity contribution in [3.05, 3.63) is 59.8 Å². The molecule has 4 nitrogen and oxygen atoms in total. The van der Waals surface area contributed by atoms with Gasteiger partial charge in [0.25, 0.3) is 0 Å². The second-order valence-electron chi connectivity index (χ2n) is 4.13. The first kappa shape index (κ1) is 10.7. The summed E-state index contributed by atoms with van der Waals surface area (Å²) in [5, 5.41) is 0.956. The monoisotopic (exact) mass is 237 g/mol. The summed E-state index contributed by atoms with van der Waals surface area (Å²) in [4.78, 5) is 23.3. The van der Waals surface area contributed by atoms with Gasteiger partial charge in [-0.1, -0.05) is 6.07 Å². The summed E-state index contributed by atoms with van der Waals surface area (Å²) in [5.41, 5.74) is 2.47. The standard InChI is InChI=1S/C14H11N3O/c1-9-2-3-10-8-11(4-5-12(10)17-9)13(18)14-15-6-7-16-14/h2-8H,1H3,(H,15,16).